The van der Waals surface area contributed by atoms with Gasteiger partial charge in [0.2, 0.25) is 0 Å². The summed E-state index contributed by atoms with van der Waals surface area (Å²) in [6.07, 6.45) is 12.5. The van der Waals surface area contributed by atoms with Crippen LogP contribution in [0.15, 0.2) is 60.5 Å². The number of esters is 1. The number of allylic oxidation sites excluding steroid dienone is 5. The molecule has 1 aliphatic rings. The average molecular weight is 242 g/mol. The molecule has 18 heavy (non-hydrogen) atoms. The van der Waals surface area contributed by atoms with Crippen molar-refractivity contribution in [2.45, 2.75) is 0 Å². The van der Waals surface area contributed by atoms with Crippen LogP contribution in [0, 0.1) is 11.3 Å². The maximum Gasteiger partial charge on any atom is 0.348 e. The van der Waals surface area contributed by atoms with E-state index in [2.05, 4.69) is 11.3 Å². The lowest BCUT2D eigenvalue weighted by Gasteiger charge is -2.21. The molecule has 0 aromatic heterocycles. The van der Waals surface area contributed by atoms with Crippen molar-refractivity contribution in [2.75, 3.05) is 13.7 Å². The summed E-state index contributed by atoms with van der Waals surface area (Å²) in [6.45, 7) is 4.33. The number of nitriles is 1. The number of nitrogens with zero attached hydrogens (tertiary/aromatic N) is 2. The third-order valence-electron chi connectivity index (χ3n) is 2.25. The number of rotatable bonds is 4. The summed E-state index contributed by atoms with van der Waals surface area (Å²) >= 11 is 0. The number of hydrogen-bond donors (Lipinski definition) is 0. The van der Waals surface area contributed by atoms with Gasteiger partial charge in [-0.1, -0.05) is 12.2 Å². The van der Waals surface area contributed by atoms with Crippen LogP contribution in [0.3, 0.4) is 0 Å². The van der Waals surface area contributed by atoms with Gasteiger partial charge < -0.3 is 9.64 Å². The van der Waals surface area contributed by atoms with Gasteiger partial charge in [-0.15, -0.1) is 6.58 Å². The van der Waals surface area contributed by atoms with E-state index in [-0.39, 0.29) is 5.57 Å². The monoisotopic (exact) mass is 242 g/mol. The van der Waals surface area contributed by atoms with Gasteiger partial charge in [0.15, 0.2) is 0 Å². The van der Waals surface area contributed by atoms with Crippen LogP contribution >= 0.6 is 0 Å². The Kier molecular flexibility index (Phi) is 5.20. The standard InChI is InChI=1S/C14H14N2O2/c1-3-9-16-10-5-4-6-13(16)8-7-12(11-15)14(17)18-2/h3-8,10H,1,9H2,2H3. The molecule has 1 heterocycles. The molecule has 0 atom stereocenters. The fraction of sp³-hybridized carbons (Fsp3) is 0.143. The summed E-state index contributed by atoms with van der Waals surface area (Å²) in [4.78, 5) is 13.2. The molecule has 0 bridgehead atoms. The van der Waals surface area contributed by atoms with E-state index in [4.69, 9.17) is 5.26 Å². The first-order valence-corrected chi connectivity index (χ1v) is 5.35. The Bertz CT molecular complexity index is 490. The number of carbonyl (C=O) groups excluding carboxylic acids is 1. The number of carbonyl (C=O) groups is 1. The first-order valence-electron chi connectivity index (χ1n) is 5.35. The normalized spacial score (nSPS) is 16.6. The molecule has 0 radical (unpaired) electrons. The zero-order chi connectivity index (χ0) is 13.4. The number of hydrogen-bond acceptors (Lipinski definition) is 4. The van der Waals surface area contributed by atoms with E-state index in [1.807, 2.05) is 29.3 Å². The highest BCUT2D eigenvalue weighted by Crippen LogP contribution is 2.13. The van der Waals surface area contributed by atoms with Crippen LogP contribution in [0.25, 0.3) is 0 Å². The Labute approximate surface area is 106 Å². The fourth-order valence-corrected chi connectivity index (χ4v) is 1.38. The van der Waals surface area contributed by atoms with Crippen molar-refractivity contribution in [1.29, 1.82) is 5.26 Å². The molecule has 0 N–H and O–H groups in total. The molecular weight excluding hydrogens is 228 g/mol. The lowest BCUT2D eigenvalue weighted by Crippen LogP contribution is -2.16. The summed E-state index contributed by atoms with van der Waals surface area (Å²) in [5.41, 5.74) is 0.834. The molecule has 4 nitrogen and oxygen atoms in total. The van der Waals surface area contributed by atoms with Gasteiger partial charge in [0.1, 0.15) is 11.6 Å². The minimum absolute atomic E-state index is 0.0356. The molecule has 0 aromatic carbocycles. The van der Waals surface area contributed by atoms with Crippen molar-refractivity contribution in [3.63, 3.8) is 0 Å². The van der Waals surface area contributed by atoms with Crippen molar-refractivity contribution >= 4 is 5.97 Å². The molecule has 0 unspecified atom stereocenters. The predicted molar refractivity (Wildman–Crippen MR) is 69.0 cm³/mol. The van der Waals surface area contributed by atoms with Crippen LogP contribution in [0.4, 0.5) is 0 Å². The van der Waals surface area contributed by atoms with Crippen molar-refractivity contribution in [3.05, 3.63) is 60.5 Å². The Morgan fingerprint density at radius 3 is 3.00 bits per heavy atom. The summed E-state index contributed by atoms with van der Waals surface area (Å²) in [6, 6.07) is 1.80. The lowest BCUT2D eigenvalue weighted by atomic mass is 10.2. The van der Waals surface area contributed by atoms with Crippen LogP contribution in [0.5, 0.6) is 0 Å². The van der Waals surface area contributed by atoms with Gasteiger partial charge in [0, 0.05) is 18.4 Å². The van der Waals surface area contributed by atoms with Crippen LogP contribution in [-0.2, 0) is 9.53 Å². The summed E-state index contributed by atoms with van der Waals surface area (Å²) in [5, 5.41) is 8.82. The minimum atomic E-state index is -0.639. The first kappa shape index (κ1) is 13.5. The van der Waals surface area contributed by atoms with Crippen LogP contribution in [-0.4, -0.2) is 24.5 Å². The van der Waals surface area contributed by atoms with Crippen LogP contribution < -0.4 is 0 Å². The third kappa shape index (κ3) is 3.49. The molecule has 1 aliphatic heterocycles. The molecular formula is C14H14N2O2. The van der Waals surface area contributed by atoms with Crippen molar-refractivity contribution < 1.29 is 9.53 Å². The predicted octanol–water partition coefficient (Wildman–Crippen LogP) is 2.06. The van der Waals surface area contributed by atoms with Gasteiger partial charge in [0.25, 0.3) is 0 Å². The average Bonchev–Trinajstić information content (AvgIpc) is 2.41. The van der Waals surface area contributed by atoms with E-state index >= 15 is 0 Å². The second kappa shape index (κ2) is 6.92. The van der Waals surface area contributed by atoms with Gasteiger partial charge in [-0.2, -0.15) is 5.26 Å². The molecule has 0 saturated heterocycles. The van der Waals surface area contributed by atoms with Gasteiger partial charge in [-0.05, 0) is 24.3 Å². The van der Waals surface area contributed by atoms with Crippen molar-refractivity contribution in [2.24, 2.45) is 0 Å². The van der Waals surface area contributed by atoms with E-state index in [0.29, 0.717) is 6.54 Å². The Balaban J connectivity index is 2.94. The zero-order valence-corrected chi connectivity index (χ0v) is 10.2. The summed E-state index contributed by atoms with van der Waals surface area (Å²) < 4.78 is 4.50. The number of methoxy groups -OCH3 is 1. The second-order valence-electron chi connectivity index (χ2n) is 3.42. The van der Waals surface area contributed by atoms with E-state index < -0.39 is 5.97 Å². The van der Waals surface area contributed by atoms with E-state index in [1.54, 1.807) is 18.2 Å². The zero-order valence-electron chi connectivity index (χ0n) is 10.2. The van der Waals surface area contributed by atoms with Crippen LogP contribution in [0.1, 0.15) is 0 Å². The molecule has 4 heteroatoms. The third-order valence-corrected chi connectivity index (χ3v) is 2.25. The van der Waals surface area contributed by atoms with Gasteiger partial charge in [0.05, 0.1) is 7.11 Å². The second-order valence-corrected chi connectivity index (χ2v) is 3.42. The van der Waals surface area contributed by atoms with E-state index in [9.17, 15) is 4.79 Å². The van der Waals surface area contributed by atoms with E-state index in [0.717, 1.165) is 5.70 Å². The van der Waals surface area contributed by atoms with Gasteiger partial charge in [-0.25, -0.2) is 4.79 Å². The molecule has 0 spiro atoms. The Morgan fingerprint density at radius 1 is 1.61 bits per heavy atom. The lowest BCUT2D eigenvalue weighted by molar-refractivity contribution is -0.135. The maximum absolute atomic E-state index is 11.2. The van der Waals surface area contributed by atoms with E-state index in [1.165, 1.54) is 13.2 Å². The quantitative estimate of drug-likeness (QED) is 0.328. The first-order chi connectivity index (χ1) is 8.72. The Morgan fingerprint density at radius 2 is 2.39 bits per heavy atom. The summed E-state index contributed by atoms with van der Waals surface area (Å²) in [7, 11) is 1.24. The van der Waals surface area contributed by atoms with Crippen molar-refractivity contribution in [1.82, 2.24) is 4.90 Å². The molecule has 0 aromatic rings. The molecule has 0 fully saturated rings. The SMILES string of the molecule is C=CCN1C=CC=CC1=CC=C(C#N)C(=O)OC. The molecule has 0 aliphatic carbocycles. The molecule has 0 amide bonds. The highest BCUT2D eigenvalue weighted by atomic mass is 16.5. The number of ether oxygens (including phenoxy) is 1. The molecule has 1 rings (SSSR count). The van der Waals surface area contributed by atoms with Crippen LogP contribution in [0.2, 0.25) is 0 Å². The fourth-order valence-electron chi connectivity index (χ4n) is 1.38. The smallest absolute Gasteiger partial charge is 0.348 e. The minimum Gasteiger partial charge on any atom is -0.465 e. The highest BCUT2D eigenvalue weighted by Gasteiger charge is 2.08. The maximum atomic E-state index is 11.2. The topological polar surface area (TPSA) is 53.3 Å². The van der Waals surface area contributed by atoms with Gasteiger partial charge >= 0.3 is 5.97 Å². The Hall–Kier alpha value is -2.54. The summed E-state index contributed by atoms with van der Waals surface area (Å²) in [5.74, 6) is -0.639. The molecule has 92 valence electrons. The van der Waals surface area contributed by atoms with Crippen molar-refractivity contribution in [3.8, 4) is 6.07 Å². The largest absolute Gasteiger partial charge is 0.465 e. The molecule has 0 saturated carbocycles. The van der Waals surface area contributed by atoms with Gasteiger partial charge in [-0.3, -0.25) is 0 Å². The highest BCUT2D eigenvalue weighted by molar-refractivity contribution is 5.92.